The van der Waals surface area contributed by atoms with Crippen molar-refractivity contribution in [3.8, 4) is 5.69 Å². The lowest BCUT2D eigenvalue weighted by Crippen LogP contribution is -2.18. The maximum absolute atomic E-state index is 12.6. The van der Waals surface area contributed by atoms with E-state index < -0.39 is 0 Å². The second-order valence-corrected chi connectivity index (χ2v) is 8.78. The van der Waals surface area contributed by atoms with Crippen LogP contribution in [0.4, 0.5) is 0 Å². The molecule has 1 N–H and O–H groups in total. The Kier molecular flexibility index (Phi) is 5.59. The monoisotopic (exact) mass is 412 g/mol. The molecular formula is C20H20N4O2S2. The van der Waals surface area contributed by atoms with Crippen LogP contribution in [0.15, 0.2) is 47.6 Å². The molecule has 1 aliphatic carbocycles. The third-order valence-corrected chi connectivity index (χ3v) is 6.45. The number of hydrogen-bond acceptors (Lipinski definition) is 6. The fourth-order valence-electron chi connectivity index (χ4n) is 2.84. The zero-order valence-corrected chi connectivity index (χ0v) is 17.1. The predicted molar refractivity (Wildman–Crippen MR) is 110 cm³/mol. The van der Waals surface area contributed by atoms with Gasteiger partial charge in [0.05, 0.1) is 17.2 Å². The van der Waals surface area contributed by atoms with E-state index in [1.807, 2.05) is 42.5 Å². The van der Waals surface area contributed by atoms with Crippen molar-refractivity contribution in [1.29, 1.82) is 0 Å². The molecule has 4 rings (SSSR count). The number of para-hydroxylation sites is 1. The van der Waals surface area contributed by atoms with Crippen LogP contribution in [0.2, 0.25) is 0 Å². The standard InChI is InChI=1S/C20H20N4O2S2/c1-13(25)21-11-16-9-10-18(28-16)17(26)12-27-20-23-22-19(14-7-8-14)24(20)15-5-3-2-4-6-15/h2-6,9-10,14H,7-8,11-12H2,1H3,(H,21,25). The first-order chi connectivity index (χ1) is 13.6. The van der Waals surface area contributed by atoms with Gasteiger partial charge < -0.3 is 5.32 Å². The van der Waals surface area contributed by atoms with Crippen LogP contribution < -0.4 is 5.32 Å². The van der Waals surface area contributed by atoms with Crippen LogP contribution in [-0.2, 0) is 11.3 Å². The van der Waals surface area contributed by atoms with Gasteiger partial charge in [0.1, 0.15) is 5.82 Å². The molecule has 0 atom stereocenters. The zero-order valence-electron chi connectivity index (χ0n) is 15.4. The SMILES string of the molecule is CC(=O)NCc1ccc(C(=O)CSc2nnc(C3CC3)n2-c2ccccc2)s1. The van der Waals surface area contributed by atoms with E-state index in [9.17, 15) is 9.59 Å². The summed E-state index contributed by atoms with van der Waals surface area (Å²) < 4.78 is 2.08. The number of nitrogens with one attached hydrogen (secondary N) is 1. The molecule has 6 nitrogen and oxygen atoms in total. The number of rotatable bonds is 8. The van der Waals surface area contributed by atoms with Crippen molar-refractivity contribution in [1.82, 2.24) is 20.1 Å². The summed E-state index contributed by atoms with van der Waals surface area (Å²) >= 11 is 2.83. The second-order valence-electron chi connectivity index (χ2n) is 6.67. The van der Waals surface area contributed by atoms with E-state index >= 15 is 0 Å². The molecule has 8 heteroatoms. The van der Waals surface area contributed by atoms with Crippen LogP contribution in [-0.4, -0.2) is 32.2 Å². The molecule has 1 aliphatic rings. The lowest BCUT2D eigenvalue weighted by molar-refractivity contribution is -0.119. The Hall–Kier alpha value is -2.45. The predicted octanol–water partition coefficient (Wildman–Crippen LogP) is 3.82. The number of amides is 1. The van der Waals surface area contributed by atoms with Gasteiger partial charge in [0.2, 0.25) is 5.91 Å². The summed E-state index contributed by atoms with van der Waals surface area (Å²) in [6, 6.07) is 13.7. The van der Waals surface area contributed by atoms with Crippen molar-refractivity contribution in [2.75, 3.05) is 5.75 Å². The number of thioether (sulfide) groups is 1. The van der Waals surface area contributed by atoms with E-state index in [0.29, 0.717) is 23.1 Å². The van der Waals surface area contributed by atoms with Crippen LogP contribution in [0, 0.1) is 0 Å². The number of carbonyl (C=O) groups excluding carboxylic acids is 2. The van der Waals surface area contributed by atoms with Gasteiger partial charge in [-0.05, 0) is 37.1 Å². The van der Waals surface area contributed by atoms with Crippen molar-refractivity contribution in [2.45, 2.75) is 37.4 Å². The van der Waals surface area contributed by atoms with Gasteiger partial charge >= 0.3 is 0 Å². The highest BCUT2D eigenvalue weighted by atomic mass is 32.2. The minimum absolute atomic E-state index is 0.0552. The van der Waals surface area contributed by atoms with Crippen LogP contribution in [0.1, 0.15) is 46.1 Å². The van der Waals surface area contributed by atoms with E-state index in [2.05, 4.69) is 20.1 Å². The first-order valence-electron chi connectivity index (χ1n) is 9.11. The molecular weight excluding hydrogens is 392 g/mol. The van der Waals surface area contributed by atoms with Crippen LogP contribution in [0.3, 0.4) is 0 Å². The number of carbonyl (C=O) groups is 2. The first-order valence-corrected chi connectivity index (χ1v) is 10.9. The third-order valence-electron chi connectivity index (χ3n) is 4.40. The second kappa shape index (κ2) is 8.28. The maximum Gasteiger partial charge on any atom is 0.217 e. The average molecular weight is 413 g/mol. The van der Waals surface area contributed by atoms with Gasteiger partial charge in [-0.15, -0.1) is 21.5 Å². The minimum atomic E-state index is -0.0800. The number of ketones is 1. The highest BCUT2D eigenvalue weighted by molar-refractivity contribution is 7.99. The van der Waals surface area contributed by atoms with Gasteiger partial charge in [-0.3, -0.25) is 14.2 Å². The summed E-state index contributed by atoms with van der Waals surface area (Å²) in [6.45, 7) is 1.93. The minimum Gasteiger partial charge on any atom is -0.351 e. The highest BCUT2D eigenvalue weighted by Crippen LogP contribution is 2.41. The smallest absolute Gasteiger partial charge is 0.217 e. The van der Waals surface area contributed by atoms with Crippen molar-refractivity contribution >= 4 is 34.8 Å². The molecule has 1 aromatic carbocycles. The molecule has 28 heavy (non-hydrogen) atoms. The number of nitrogens with zero attached hydrogens (tertiary/aromatic N) is 3. The summed E-state index contributed by atoms with van der Waals surface area (Å²) in [7, 11) is 0. The molecule has 0 aliphatic heterocycles. The summed E-state index contributed by atoms with van der Waals surface area (Å²) in [4.78, 5) is 25.3. The molecule has 0 radical (unpaired) electrons. The van der Waals surface area contributed by atoms with E-state index in [4.69, 9.17) is 0 Å². The van der Waals surface area contributed by atoms with Gasteiger partial charge in [0, 0.05) is 23.4 Å². The number of aromatic nitrogens is 3. The summed E-state index contributed by atoms with van der Waals surface area (Å²) in [5.41, 5.74) is 1.03. The molecule has 1 amide bonds. The summed E-state index contributed by atoms with van der Waals surface area (Å²) in [5, 5.41) is 12.2. The maximum atomic E-state index is 12.6. The Balaban J connectivity index is 1.46. The molecule has 1 fully saturated rings. The molecule has 0 bridgehead atoms. The molecule has 3 aromatic rings. The largest absolute Gasteiger partial charge is 0.351 e. The van der Waals surface area contributed by atoms with E-state index in [0.717, 1.165) is 34.4 Å². The molecule has 2 heterocycles. The number of Topliss-reactive ketones (excluding diaryl/α,β-unsaturated/α-hetero) is 1. The van der Waals surface area contributed by atoms with E-state index in [1.54, 1.807) is 0 Å². The Morgan fingerprint density at radius 2 is 1.96 bits per heavy atom. The lowest BCUT2D eigenvalue weighted by atomic mass is 10.3. The Morgan fingerprint density at radius 3 is 2.68 bits per heavy atom. The van der Waals surface area contributed by atoms with Crippen molar-refractivity contribution < 1.29 is 9.59 Å². The normalized spacial score (nSPS) is 13.5. The fourth-order valence-corrected chi connectivity index (χ4v) is 4.65. The van der Waals surface area contributed by atoms with Gasteiger partial charge in [-0.1, -0.05) is 30.0 Å². The van der Waals surface area contributed by atoms with Crippen LogP contribution >= 0.6 is 23.1 Å². The van der Waals surface area contributed by atoms with Gasteiger partial charge in [0.15, 0.2) is 10.9 Å². The van der Waals surface area contributed by atoms with Gasteiger partial charge in [0.25, 0.3) is 0 Å². The van der Waals surface area contributed by atoms with E-state index in [-0.39, 0.29) is 11.7 Å². The number of benzene rings is 1. The Labute approximate surface area is 171 Å². The van der Waals surface area contributed by atoms with E-state index in [1.165, 1.54) is 30.0 Å². The summed E-state index contributed by atoms with van der Waals surface area (Å²) in [6.07, 6.45) is 2.28. The topological polar surface area (TPSA) is 76.9 Å². The van der Waals surface area contributed by atoms with Crippen molar-refractivity contribution in [3.63, 3.8) is 0 Å². The lowest BCUT2D eigenvalue weighted by Gasteiger charge is -2.09. The van der Waals surface area contributed by atoms with Crippen molar-refractivity contribution in [3.05, 3.63) is 58.0 Å². The quantitative estimate of drug-likeness (QED) is 0.450. The molecule has 0 spiro atoms. The van der Waals surface area contributed by atoms with Gasteiger partial charge in [-0.2, -0.15) is 0 Å². The van der Waals surface area contributed by atoms with Crippen LogP contribution in [0.5, 0.6) is 0 Å². The molecule has 0 unspecified atom stereocenters. The first kappa shape index (κ1) is 18.9. The Bertz CT molecular complexity index is 993. The highest BCUT2D eigenvalue weighted by Gasteiger charge is 2.31. The van der Waals surface area contributed by atoms with Gasteiger partial charge in [-0.25, -0.2) is 0 Å². The molecule has 1 saturated carbocycles. The number of hydrogen-bond donors (Lipinski definition) is 1. The molecule has 144 valence electrons. The third kappa shape index (κ3) is 4.34. The average Bonchev–Trinajstić information content (AvgIpc) is 3.28. The zero-order chi connectivity index (χ0) is 19.5. The fraction of sp³-hybridized carbons (Fsp3) is 0.300. The summed E-state index contributed by atoms with van der Waals surface area (Å²) in [5.74, 6) is 1.72. The molecule has 0 saturated heterocycles. The van der Waals surface area contributed by atoms with Crippen molar-refractivity contribution in [2.24, 2.45) is 0 Å². The Morgan fingerprint density at radius 1 is 1.18 bits per heavy atom. The number of thiophene rings is 1. The molecule has 2 aromatic heterocycles. The van der Waals surface area contributed by atoms with Crippen LogP contribution in [0.25, 0.3) is 5.69 Å².